The number of pyridine rings is 1. The van der Waals surface area contributed by atoms with E-state index in [2.05, 4.69) is 20.8 Å². The predicted octanol–water partition coefficient (Wildman–Crippen LogP) is 2.56. The summed E-state index contributed by atoms with van der Waals surface area (Å²) in [6.07, 6.45) is 3.34. The highest BCUT2D eigenvalue weighted by atomic mass is 32.1. The number of carbonyl (C=O) groups excluding carboxylic acids is 2. The number of carbonyl (C=O) groups is 2. The third kappa shape index (κ3) is 4.05. The van der Waals surface area contributed by atoms with E-state index in [4.69, 9.17) is 4.52 Å². The van der Waals surface area contributed by atoms with Crippen molar-refractivity contribution in [2.75, 3.05) is 11.9 Å². The monoisotopic (exact) mass is 342 g/mol. The fraction of sp³-hybridized carbons (Fsp3) is 0.125. The number of hydrogen-bond donors (Lipinski definition) is 2. The first-order valence-electron chi connectivity index (χ1n) is 7.21. The smallest absolute Gasteiger partial charge is 0.273 e. The van der Waals surface area contributed by atoms with Gasteiger partial charge in [-0.05, 0) is 23.6 Å². The standard InChI is InChI=1S/C16H14N4O3S/c21-15(19-11-3-6-17-7-4-11)5-8-18-16(22)12-10-13(23-20-12)14-2-1-9-24-14/h1-4,6-7,9-10H,5,8H2,(H,18,22)(H,17,19,21). The van der Waals surface area contributed by atoms with Crippen molar-refractivity contribution in [2.24, 2.45) is 0 Å². The lowest BCUT2D eigenvalue weighted by Crippen LogP contribution is -2.27. The fourth-order valence-electron chi connectivity index (χ4n) is 1.96. The third-order valence-electron chi connectivity index (χ3n) is 3.11. The van der Waals surface area contributed by atoms with Crippen molar-refractivity contribution in [3.63, 3.8) is 0 Å². The van der Waals surface area contributed by atoms with Crippen LogP contribution in [0.25, 0.3) is 10.6 Å². The zero-order valence-corrected chi connectivity index (χ0v) is 13.4. The van der Waals surface area contributed by atoms with Crippen LogP contribution >= 0.6 is 11.3 Å². The van der Waals surface area contributed by atoms with Crippen LogP contribution in [0.2, 0.25) is 0 Å². The normalized spacial score (nSPS) is 10.3. The minimum atomic E-state index is -0.377. The summed E-state index contributed by atoms with van der Waals surface area (Å²) >= 11 is 1.50. The summed E-state index contributed by atoms with van der Waals surface area (Å²) in [7, 11) is 0. The summed E-state index contributed by atoms with van der Waals surface area (Å²) in [5, 5.41) is 11.0. The van der Waals surface area contributed by atoms with Crippen LogP contribution in [0.1, 0.15) is 16.9 Å². The SMILES string of the molecule is O=C(CCNC(=O)c1cc(-c2cccs2)on1)Nc1ccncc1. The van der Waals surface area contributed by atoms with Gasteiger partial charge in [-0.2, -0.15) is 0 Å². The lowest BCUT2D eigenvalue weighted by molar-refractivity contribution is -0.116. The van der Waals surface area contributed by atoms with Crippen molar-refractivity contribution in [1.29, 1.82) is 0 Å². The molecule has 24 heavy (non-hydrogen) atoms. The van der Waals surface area contributed by atoms with Gasteiger partial charge in [0.1, 0.15) is 0 Å². The molecule has 3 aromatic rings. The number of rotatable bonds is 6. The van der Waals surface area contributed by atoms with Gasteiger partial charge in [0.05, 0.1) is 4.88 Å². The molecule has 7 nitrogen and oxygen atoms in total. The molecule has 0 aromatic carbocycles. The Kier molecular flexibility index (Phi) is 4.97. The molecule has 0 atom stereocenters. The fourth-order valence-corrected chi connectivity index (χ4v) is 2.63. The number of aromatic nitrogens is 2. The maximum atomic E-state index is 12.0. The van der Waals surface area contributed by atoms with Gasteiger partial charge in [-0.15, -0.1) is 11.3 Å². The summed E-state index contributed by atoms with van der Waals surface area (Å²) in [5.74, 6) is -0.0234. The molecule has 122 valence electrons. The quantitative estimate of drug-likeness (QED) is 0.717. The average Bonchev–Trinajstić information content (AvgIpc) is 3.27. The number of nitrogens with one attached hydrogen (secondary N) is 2. The van der Waals surface area contributed by atoms with Crippen LogP contribution in [0.5, 0.6) is 0 Å². The first-order valence-corrected chi connectivity index (χ1v) is 8.09. The van der Waals surface area contributed by atoms with Crippen LogP contribution in [0.3, 0.4) is 0 Å². The first-order chi connectivity index (χ1) is 11.7. The molecule has 0 saturated carbocycles. The van der Waals surface area contributed by atoms with Gasteiger partial charge in [0.2, 0.25) is 5.91 Å². The van der Waals surface area contributed by atoms with E-state index in [-0.39, 0.29) is 30.5 Å². The first kappa shape index (κ1) is 15.9. The van der Waals surface area contributed by atoms with E-state index in [1.54, 1.807) is 30.6 Å². The van der Waals surface area contributed by atoms with Crippen LogP contribution in [-0.4, -0.2) is 28.5 Å². The lowest BCUT2D eigenvalue weighted by atomic mass is 10.3. The second kappa shape index (κ2) is 7.51. The van der Waals surface area contributed by atoms with Gasteiger partial charge in [0.15, 0.2) is 11.5 Å². The summed E-state index contributed by atoms with van der Waals surface area (Å²) in [5.41, 5.74) is 0.853. The van der Waals surface area contributed by atoms with Gasteiger partial charge < -0.3 is 15.2 Å². The van der Waals surface area contributed by atoms with Crippen LogP contribution in [0.4, 0.5) is 5.69 Å². The molecule has 0 aliphatic carbocycles. The second-order valence-electron chi connectivity index (χ2n) is 4.84. The van der Waals surface area contributed by atoms with E-state index < -0.39 is 0 Å². The van der Waals surface area contributed by atoms with Crippen molar-refractivity contribution in [3.05, 3.63) is 53.8 Å². The van der Waals surface area contributed by atoms with Crippen molar-refractivity contribution in [1.82, 2.24) is 15.5 Å². The maximum absolute atomic E-state index is 12.0. The Morgan fingerprint density at radius 3 is 2.79 bits per heavy atom. The Balaban J connectivity index is 1.46. The number of anilines is 1. The molecule has 3 heterocycles. The summed E-state index contributed by atoms with van der Waals surface area (Å²) in [4.78, 5) is 28.5. The Morgan fingerprint density at radius 1 is 1.21 bits per heavy atom. The largest absolute Gasteiger partial charge is 0.355 e. The van der Waals surface area contributed by atoms with Crippen LogP contribution in [0, 0.1) is 0 Å². The van der Waals surface area contributed by atoms with E-state index in [0.717, 1.165) is 4.88 Å². The minimum absolute atomic E-state index is 0.156. The number of amides is 2. The number of hydrogen-bond acceptors (Lipinski definition) is 6. The van der Waals surface area contributed by atoms with Crippen molar-refractivity contribution in [2.45, 2.75) is 6.42 Å². The Bertz CT molecular complexity index is 815. The predicted molar refractivity (Wildman–Crippen MR) is 89.6 cm³/mol. The van der Waals surface area contributed by atoms with Gasteiger partial charge in [0, 0.05) is 37.1 Å². The lowest BCUT2D eigenvalue weighted by Gasteiger charge is -2.05. The van der Waals surface area contributed by atoms with Crippen LogP contribution in [-0.2, 0) is 4.79 Å². The average molecular weight is 342 g/mol. The van der Waals surface area contributed by atoms with Gasteiger partial charge in [-0.25, -0.2) is 0 Å². The van der Waals surface area contributed by atoms with Gasteiger partial charge in [0.25, 0.3) is 5.91 Å². The van der Waals surface area contributed by atoms with Gasteiger partial charge in [-0.1, -0.05) is 11.2 Å². The molecule has 0 unspecified atom stereocenters. The molecule has 8 heteroatoms. The molecular formula is C16H14N4O3S. The molecule has 2 N–H and O–H groups in total. The summed E-state index contributed by atoms with van der Waals surface area (Å²) < 4.78 is 5.15. The van der Waals surface area contributed by atoms with Gasteiger partial charge in [-0.3, -0.25) is 14.6 Å². The molecule has 0 fully saturated rings. The molecule has 3 aromatic heterocycles. The molecule has 0 saturated heterocycles. The molecule has 0 spiro atoms. The Morgan fingerprint density at radius 2 is 2.04 bits per heavy atom. The minimum Gasteiger partial charge on any atom is -0.355 e. The number of thiophene rings is 1. The highest BCUT2D eigenvalue weighted by Gasteiger charge is 2.14. The molecule has 0 radical (unpaired) electrons. The van der Waals surface area contributed by atoms with E-state index in [1.165, 1.54) is 11.3 Å². The molecule has 3 rings (SSSR count). The molecular weight excluding hydrogens is 328 g/mol. The van der Waals surface area contributed by atoms with Crippen LogP contribution < -0.4 is 10.6 Å². The van der Waals surface area contributed by atoms with E-state index >= 15 is 0 Å². The molecule has 2 amide bonds. The van der Waals surface area contributed by atoms with E-state index in [1.807, 2.05) is 17.5 Å². The maximum Gasteiger partial charge on any atom is 0.273 e. The van der Waals surface area contributed by atoms with E-state index in [9.17, 15) is 9.59 Å². The second-order valence-corrected chi connectivity index (χ2v) is 5.79. The van der Waals surface area contributed by atoms with Crippen LogP contribution in [0.15, 0.2) is 52.6 Å². The molecule has 0 aliphatic heterocycles. The van der Waals surface area contributed by atoms with E-state index in [0.29, 0.717) is 11.4 Å². The highest BCUT2D eigenvalue weighted by Crippen LogP contribution is 2.24. The Labute approximate surface area is 141 Å². The molecule has 0 bridgehead atoms. The Hall–Kier alpha value is -3.00. The zero-order chi connectivity index (χ0) is 16.8. The summed E-state index contributed by atoms with van der Waals surface area (Å²) in [6.45, 7) is 0.205. The topological polar surface area (TPSA) is 97.1 Å². The molecule has 0 aliphatic rings. The summed E-state index contributed by atoms with van der Waals surface area (Å²) in [6, 6.07) is 8.74. The zero-order valence-electron chi connectivity index (χ0n) is 12.6. The van der Waals surface area contributed by atoms with Crippen molar-refractivity contribution in [3.8, 4) is 10.6 Å². The number of nitrogens with zero attached hydrogens (tertiary/aromatic N) is 2. The third-order valence-corrected chi connectivity index (χ3v) is 3.99. The highest BCUT2D eigenvalue weighted by molar-refractivity contribution is 7.13. The van der Waals surface area contributed by atoms with Crippen molar-refractivity contribution >= 4 is 28.8 Å². The van der Waals surface area contributed by atoms with Crippen molar-refractivity contribution < 1.29 is 14.1 Å². The van der Waals surface area contributed by atoms with Gasteiger partial charge >= 0.3 is 0 Å².